The van der Waals surface area contributed by atoms with Gasteiger partial charge in [-0.3, -0.25) is 9.48 Å². The Morgan fingerprint density at radius 3 is 2.38 bits per heavy atom. The van der Waals surface area contributed by atoms with Crippen LogP contribution in [0.3, 0.4) is 0 Å². The normalized spacial score (nSPS) is 12.0. The van der Waals surface area contributed by atoms with Crippen LogP contribution in [0.25, 0.3) is 0 Å². The van der Waals surface area contributed by atoms with Crippen molar-refractivity contribution in [2.75, 3.05) is 5.32 Å². The smallest absolute Gasteiger partial charge is 0.231 e. The molecule has 2 aromatic carbocycles. The molecule has 0 bridgehead atoms. The van der Waals surface area contributed by atoms with Crippen LogP contribution in [-0.2, 0) is 18.3 Å². The number of carbonyl (C=O) groups is 1. The summed E-state index contributed by atoms with van der Waals surface area (Å²) in [7, 11) is 1.91. The Bertz CT molecular complexity index is 912. The summed E-state index contributed by atoms with van der Waals surface area (Å²) in [4.78, 5) is 12.9. The molecule has 0 aliphatic carbocycles. The Hall–Kier alpha value is -2.88. The lowest BCUT2D eigenvalue weighted by atomic mass is 9.97. The summed E-state index contributed by atoms with van der Waals surface area (Å²) in [5, 5.41) is 7.55. The molecule has 0 saturated carbocycles. The van der Waals surface area contributed by atoms with Crippen LogP contribution in [0.2, 0.25) is 0 Å². The van der Waals surface area contributed by atoms with Gasteiger partial charge in [0.05, 0.1) is 11.6 Å². The monoisotopic (exact) mass is 347 g/mol. The van der Waals surface area contributed by atoms with Gasteiger partial charge in [-0.2, -0.15) is 5.10 Å². The summed E-state index contributed by atoms with van der Waals surface area (Å²) in [5.74, 6) is -0.266. The average molecular weight is 347 g/mol. The Morgan fingerprint density at radius 1 is 1.08 bits per heavy atom. The summed E-state index contributed by atoms with van der Waals surface area (Å²) in [6, 6.07) is 18.3. The summed E-state index contributed by atoms with van der Waals surface area (Å²) in [5.41, 5.74) is 6.14. The number of nitrogens with zero attached hydrogens (tertiary/aromatic N) is 2. The van der Waals surface area contributed by atoms with Gasteiger partial charge in [-0.15, -0.1) is 0 Å². The van der Waals surface area contributed by atoms with Crippen molar-refractivity contribution < 1.29 is 4.79 Å². The molecule has 1 amide bonds. The standard InChI is InChI=1S/C22H25N3O/c1-15(21-16(2)24-25(4)17(21)3)22(26)23-20-13-9-8-12-19(20)14-18-10-6-5-7-11-18/h5-13,15H,14H2,1-4H3,(H,23,26)/t15-/m0/s1. The predicted octanol–water partition coefficient (Wildman–Crippen LogP) is 4.37. The summed E-state index contributed by atoms with van der Waals surface area (Å²) >= 11 is 0. The number of carbonyl (C=O) groups excluding carboxylic acids is 1. The fraction of sp³-hybridized carbons (Fsp3) is 0.273. The van der Waals surface area contributed by atoms with Crippen molar-refractivity contribution in [3.05, 3.63) is 82.7 Å². The lowest BCUT2D eigenvalue weighted by molar-refractivity contribution is -0.117. The van der Waals surface area contributed by atoms with E-state index in [1.54, 1.807) is 0 Å². The van der Waals surface area contributed by atoms with E-state index in [0.717, 1.165) is 34.6 Å². The quantitative estimate of drug-likeness (QED) is 0.745. The molecule has 1 aromatic heterocycles. The Morgan fingerprint density at radius 2 is 1.73 bits per heavy atom. The van der Waals surface area contributed by atoms with Gasteiger partial charge in [-0.05, 0) is 44.4 Å². The number of amides is 1. The third kappa shape index (κ3) is 3.69. The van der Waals surface area contributed by atoms with E-state index in [9.17, 15) is 4.79 Å². The third-order valence-electron chi connectivity index (χ3n) is 4.90. The van der Waals surface area contributed by atoms with E-state index in [2.05, 4.69) is 28.6 Å². The Balaban J connectivity index is 1.81. The summed E-state index contributed by atoms with van der Waals surface area (Å²) < 4.78 is 1.83. The molecule has 0 radical (unpaired) electrons. The highest BCUT2D eigenvalue weighted by Gasteiger charge is 2.23. The molecule has 0 aliphatic rings. The van der Waals surface area contributed by atoms with Crippen LogP contribution >= 0.6 is 0 Å². The summed E-state index contributed by atoms with van der Waals surface area (Å²) in [6.45, 7) is 5.89. The van der Waals surface area contributed by atoms with Crippen LogP contribution < -0.4 is 5.32 Å². The van der Waals surface area contributed by atoms with Crippen LogP contribution in [0.4, 0.5) is 5.69 Å². The molecule has 26 heavy (non-hydrogen) atoms. The molecule has 0 aliphatic heterocycles. The van der Waals surface area contributed by atoms with Gasteiger partial charge in [0.2, 0.25) is 5.91 Å². The van der Waals surface area contributed by atoms with Crippen LogP contribution in [0.15, 0.2) is 54.6 Å². The van der Waals surface area contributed by atoms with E-state index in [4.69, 9.17) is 0 Å². The van der Waals surface area contributed by atoms with Gasteiger partial charge in [-0.25, -0.2) is 0 Å². The van der Waals surface area contributed by atoms with Gasteiger partial charge in [0.1, 0.15) is 0 Å². The Kier molecular flexibility index (Phi) is 5.21. The van der Waals surface area contributed by atoms with Crippen molar-refractivity contribution in [2.45, 2.75) is 33.1 Å². The van der Waals surface area contributed by atoms with Gasteiger partial charge in [-0.1, -0.05) is 48.5 Å². The fourth-order valence-electron chi connectivity index (χ4n) is 3.40. The van der Waals surface area contributed by atoms with Crippen molar-refractivity contribution in [3.63, 3.8) is 0 Å². The number of para-hydroxylation sites is 1. The van der Waals surface area contributed by atoms with Crippen molar-refractivity contribution in [1.82, 2.24) is 9.78 Å². The zero-order chi connectivity index (χ0) is 18.7. The van der Waals surface area contributed by atoms with E-state index in [-0.39, 0.29) is 11.8 Å². The first-order valence-corrected chi connectivity index (χ1v) is 8.90. The van der Waals surface area contributed by atoms with E-state index >= 15 is 0 Å². The third-order valence-corrected chi connectivity index (χ3v) is 4.90. The largest absolute Gasteiger partial charge is 0.325 e. The second-order valence-electron chi connectivity index (χ2n) is 6.74. The van der Waals surface area contributed by atoms with Crippen molar-refractivity contribution >= 4 is 11.6 Å². The van der Waals surface area contributed by atoms with Crippen molar-refractivity contribution in [2.24, 2.45) is 7.05 Å². The van der Waals surface area contributed by atoms with Gasteiger partial charge in [0, 0.05) is 24.0 Å². The molecule has 3 aromatic rings. The first-order valence-electron chi connectivity index (χ1n) is 8.90. The first-order chi connectivity index (χ1) is 12.5. The molecule has 1 heterocycles. The molecule has 0 saturated heterocycles. The number of aromatic nitrogens is 2. The highest BCUT2D eigenvalue weighted by atomic mass is 16.1. The van der Waals surface area contributed by atoms with Crippen molar-refractivity contribution in [3.8, 4) is 0 Å². The maximum absolute atomic E-state index is 12.9. The minimum Gasteiger partial charge on any atom is -0.325 e. The zero-order valence-electron chi connectivity index (χ0n) is 15.8. The highest BCUT2D eigenvalue weighted by Crippen LogP contribution is 2.26. The van der Waals surface area contributed by atoms with E-state index in [0.29, 0.717) is 0 Å². The first kappa shape index (κ1) is 17.9. The molecule has 134 valence electrons. The minimum absolute atomic E-state index is 0.00953. The van der Waals surface area contributed by atoms with Gasteiger partial charge in [0.25, 0.3) is 0 Å². The van der Waals surface area contributed by atoms with Gasteiger partial charge < -0.3 is 5.32 Å². The van der Waals surface area contributed by atoms with E-state index in [1.165, 1.54) is 5.56 Å². The lowest BCUT2D eigenvalue weighted by Crippen LogP contribution is -2.20. The predicted molar refractivity (Wildman–Crippen MR) is 105 cm³/mol. The molecule has 0 fully saturated rings. The van der Waals surface area contributed by atoms with Gasteiger partial charge >= 0.3 is 0 Å². The van der Waals surface area contributed by atoms with E-state index < -0.39 is 0 Å². The molecule has 1 N–H and O–H groups in total. The number of nitrogens with one attached hydrogen (secondary N) is 1. The maximum Gasteiger partial charge on any atom is 0.231 e. The Labute approximate surface area is 154 Å². The molecule has 1 atom stereocenters. The van der Waals surface area contributed by atoms with Crippen LogP contribution in [0.5, 0.6) is 0 Å². The van der Waals surface area contributed by atoms with Crippen LogP contribution in [0.1, 0.15) is 40.9 Å². The zero-order valence-corrected chi connectivity index (χ0v) is 15.8. The van der Waals surface area contributed by atoms with Crippen LogP contribution in [0, 0.1) is 13.8 Å². The molecular formula is C22H25N3O. The molecule has 0 spiro atoms. The fourth-order valence-corrected chi connectivity index (χ4v) is 3.40. The second kappa shape index (κ2) is 7.56. The number of anilines is 1. The van der Waals surface area contributed by atoms with Gasteiger partial charge in [0.15, 0.2) is 0 Å². The number of aryl methyl sites for hydroxylation is 2. The molecule has 4 heteroatoms. The highest BCUT2D eigenvalue weighted by molar-refractivity contribution is 5.96. The number of benzene rings is 2. The summed E-state index contributed by atoms with van der Waals surface area (Å²) in [6.07, 6.45) is 0.788. The lowest BCUT2D eigenvalue weighted by Gasteiger charge is -2.16. The van der Waals surface area contributed by atoms with Crippen molar-refractivity contribution in [1.29, 1.82) is 0 Å². The molecule has 0 unspecified atom stereocenters. The molecule has 3 rings (SSSR count). The SMILES string of the molecule is Cc1nn(C)c(C)c1[C@H](C)C(=O)Nc1ccccc1Cc1ccccc1. The second-order valence-corrected chi connectivity index (χ2v) is 6.74. The number of hydrogen-bond donors (Lipinski definition) is 1. The molecule has 4 nitrogen and oxygen atoms in total. The average Bonchev–Trinajstić information content (AvgIpc) is 2.89. The van der Waals surface area contributed by atoms with Crippen LogP contribution in [-0.4, -0.2) is 15.7 Å². The maximum atomic E-state index is 12.9. The topological polar surface area (TPSA) is 46.9 Å². The minimum atomic E-state index is -0.256. The number of rotatable bonds is 5. The molecular weight excluding hydrogens is 322 g/mol. The number of hydrogen-bond acceptors (Lipinski definition) is 2. The van der Waals surface area contributed by atoms with E-state index in [1.807, 2.05) is 68.9 Å².